The maximum absolute atomic E-state index is 6.46. The first-order chi connectivity index (χ1) is 25.5. The van der Waals surface area contributed by atoms with E-state index >= 15 is 0 Å². The summed E-state index contributed by atoms with van der Waals surface area (Å²) in [6, 6.07) is 57.5. The van der Waals surface area contributed by atoms with Gasteiger partial charge in [-0.1, -0.05) is 153 Å². The number of aromatic nitrogens is 3. The monoisotopic (exact) mass is 683 g/mol. The lowest BCUT2D eigenvalue weighted by Gasteiger charge is -2.21. The largest absolute Gasteiger partial charge is 0.456 e. The van der Waals surface area contributed by atoms with E-state index in [1.54, 1.807) is 0 Å². The number of fused-ring (bicyclic) bond motifs is 6. The minimum atomic E-state index is -2.06. The number of nitrogens with zero attached hydrogens (tertiary/aromatic N) is 3. The van der Waals surface area contributed by atoms with E-state index in [4.69, 9.17) is 19.4 Å². The fourth-order valence-corrected chi connectivity index (χ4v) is 11.1. The normalized spacial score (nSPS) is 13.0. The smallest absolute Gasteiger partial charge is 0.165 e. The third-order valence-corrected chi connectivity index (χ3v) is 14.1. The molecule has 7 aromatic carbocycles. The number of rotatable bonds is 5. The zero-order chi connectivity index (χ0) is 34.8. The molecule has 10 rings (SSSR count). The summed E-state index contributed by atoms with van der Waals surface area (Å²) in [4.78, 5) is 16.2. The Morgan fingerprint density at radius 3 is 1.79 bits per heavy atom. The summed E-state index contributed by atoms with van der Waals surface area (Å²) in [6.45, 7) is 4.92. The third kappa shape index (κ3) is 4.78. The Morgan fingerprint density at radius 2 is 1.02 bits per heavy atom. The van der Waals surface area contributed by atoms with Crippen molar-refractivity contribution < 1.29 is 4.42 Å². The number of hydrogen-bond donors (Lipinski definition) is 0. The van der Waals surface area contributed by atoms with Gasteiger partial charge in [0, 0.05) is 27.5 Å². The van der Waals surface area contributed by atoms with Crippen LogP contribution >= 0.6 is 0 Å². The highest BCUT2D eigenvalue weighted by Crippen LogP contribution is 2.44. The number of furan rings is 1. The molecule has 1 aliphatic rings. The predicted octanol–water partition coefficient (Wildman–Crippen LogP) is 10.9. The van der Waals surface area contributed by atoms with Gasteiger partial charge in [-0.3, -0.25) is 0 Å². The van der Waals surface area contributed by atoms with Crippen LogP contribution in [0.3, 0.4) is 0 Å². The van der Waals surface area contributed by atoms with E-state index < -0.39 is 8.07 Å². The van der Waals surface area contributed by atoms with Crippen molar-refractivity contribution in [3.8, 4) is 67.5 Å². The summed E-state index contributed by atoms with van der Waals surface area (Å²) in [7, 11) is -2.06. The molecule has 0 spiro atoms. The van der Waals surface area contributed by atoms with Gasteiger partial charge < -0.3 is 4.42 Å². The highest BCUT2D eigenvalue weighted by atomic mass is 28.3. The van der Waals surface area contributed by atoms with E-state index in [0.717, 1.165) is 49.8 Å². The average molecular weight is 684 g/mol. The van der Waals surface area contributed by atoms with Gasteiger partial charge in [0.1, 0.15) is 19.2 Å². The molecule has 0 unspecified atom stereocenters. The van der Waals surface area contributed by atoms with Crippen LogP contribution in [0.1, 0.15) is 0 Å². The molecule has 0 amide bonds. The van der Waals surface area contributed by atoms with Crippen LogP contribution in [0.4, 0.5) is 0 Å². The van der Waals surface area contributed by atoms with Gasteiger partial charge >= 0.3 is 0 Å². The Kier molecular flexibility index (Phi) is 6.91. The van der Waals surface area contributed by atoms with Crippen molar-refractivity contribution in [2.45, 2.75) is 13.1 Å². The van der Waals surface area contributed by atoms with Crippen LogP contribution in [0.15, 0.2) is 168 Å². The molecule has 246 valence electrons. The summed E-state index contributed by atoms with van der Waals surface area (Å²) in [6.07, 6.45) is 0. The topological polar surface area (TPSA) is 51.8 Å². The summed E-state index contributed by atoms with van der Waals surface area (Å²) < 4.78 is 6.46. The fourth-order valence-electron chi connectivity index (χ4n) is 8.02. The average Bonchev–Trinajstić information content (AvgIpc) is 3.70. The first-order valence-electron chi connectivity index (χ1n) is 17.7. The Bertz CT molecular complexity index is 2810. The molecule has 0 saturated heterocycles. The zero-order valence-electron chi connectivity index (χ0n) is 28.8. The van der Waals surface area contributed by atoms with Gasteiger partial charge in [0.2, 0.25) is 0 Å². The molecule has 0 aliphatic carbocycles. The molecule has 0 atom stereocenters. The number of benzene rings is 7. The minimum Gasteiger partial charge on any atom is -0.456 e. The fraction of sp³-hybridized carbons (Fsp3) is 0.0426. The van der Waals surface area contributed by atoms with Gasteiger partial charge in [0.15, 0.2) is 17.5 Å². The van der Waals surface area contributed by atoms with Crippen molar-refractivity contribution in [2.75, 3.05) is 0 Å². The molecule has 0 fully saturated rings. The maximum atomic E-state index is 6.46. The van der Waals surface area contributed by atoms with E-state index in [1.807, 2.05) is 36.4 Å². The van der Waals surface area contributed by atoms with Gasteiger partial charge in [-0.15, -0.1) is 0 Å². The highest BCUT2D eigenvalue weighted by molar-refractivity contribution is 7.04. The summed E-state index contributed by atoms with van der Waals surface area (Å²) in [5, 5.41) is 4.87. The molecule has 52 heavy (non-hydrogen) atoms. The number of para-hydroxylation sites is 1. The van der Waals surface area contributed by atoms with Gasteiger partial charge in [-0.2, -0.15) is 0 Å². The molecular formula is C47H33N3OSi. The van der Waals surface area contributed by atoms with Crippen LogP contribution < -0.4 is 10.4 Å². The molecule has 0 N–H and O–H groups in total. The van der Waals surface area contributed by atoms with Crippen molar-refractivity contribution in [2.24, 2.45) is 0 Å². The highest BCUT2D eigenvalue weighted by Gasteiger charge is 2.39. The summed E-state index contributed by atoms with van der Waals surface area (Å²) >= 11 is 0. The SMILES string of the molecule is C[Si]1(C)c2ccccc2-c2c(-c3nc(-c4ccccc4)nc(-c4c(-c5ccccc5)ccc5oc6ccccc6c45)n3)cc(-c3ccccc3)cc21. The Morgan fingerprint density at radius 1 is 0.404 bits per heavy atom. The summed E-state index contributed by atoms with van der Waals surface area (Å²) in [5.74, 6) is 1.90. The van der Waals surface area contributed by atoms with E-state index in [0.29, 0.717) is 17.5 Å². The van der Waals surface area contributed by atoms with Crippen LogP contribution in [0, 0.1) is 0 Å². The van der Waals surface area contributed by atoms with Crippen LogP contribution in [-0.2, 0) is 0 Å². The predicted molar refractivity (Wildman–Crippen MR) is 216 cm³/mol. The first kappa shape index (κ1) is 30.4. The Labute approximate surface area is 303 Å². The zero-order valence-corrected chi connectivity index (χ0v) is 29.8. The van der Waals surface area contributed by atoms with Crippen molar-refractivity contribution in [1.82, 2.24) is 15.0 Å². The quantitative estimate of drug-likeness (QED) is 0.169. The molecule has 4 nitrogen and oxygen atoms in total. The molecule has 1 aliphatic heterocycles. The van der Waals surface area contributed by atoms with E-state index in [2.05, 4.69) is 140 Å². The van der Waals surface area contributed by atoms with Crippen molar-refractivity contribution in [3.63, 3.8) is 0 Å². The molecule has 2 aromatic heterocycles. The van der Waals surface area contributed by atoms with E-state index in [-0.39, 0.29) is 0 Å². The van der Waals surface area contributed by atoms with Crippen LogP contribution in [0.2, 0.25) is 13.1 Å². The second-order valence-electron chi connectivity index (χ2n) is 14.0. The molecular weight excluding hydrogens is 651 g/mol. The molecule has 0 saturated carbocycles. The van der Waals surface area contributed by atoms with Crippen LogP contribution in [-0.4, -0.2) is 23.0 Å². The third-order valence-electron chi connectivity index (χ3n) is 10.5. The Hall–Kier alpha value is -6.43. The van der Waals surface area contributed by atoms with Gasteiger partial charge in [0.25, 0.3) is 0 Å². The lowest BCUT2D eigenvalue weighted by molar-refractivity contribution is 0.669. The van der Waals surface area contributed by atoms with E-state index in [1.165, 1.54) is 32.6 Å². The maximum Gasteiger partial charge on any atom is 0.165 e. The van der Waals surface area contributed by atoms with Gasteiger partial charge in [-0.25, -0.2) is 15.0 Å². The molecule has 5 heteroatoms. The van der Waals surface area contributed by atoms with Crippen molar-refractivity contribution in [1.29, 1.82) is 0 Å². The summed E-state index contributed by atoms with van der Waals surface area (Å²) in [5.41, 5.74) is 11.5. The first-order valence-corrected chi connectivity index (χ1v) is 20.7. The molecule has 0 bridgehead atoms. The minimum absolute atomic E-state index is 0.613. The lowest BCUT2D eigenvalue weighted by atomic mass is 9.93. The molecule has 0 radical (unpaired) electrons. The van der Waals surface area contributed by atoms with Crippen LogP contribution in [0.25, 0.3) is 89.5 Å². The lowest BCUT2D eigenvalue weighted by Crippen LogP contribution is -2.49. The Balaban J connectivity index is 1.34. The second kappa shape index (κ2) is 11.8. The number of hydrogen-bond acceptors (Lipinski definition) is 4. The van der Waals surface area contributed by atoms with Gasteiger partial charge in [0.05, 0.1) is 0 Å². The second-order valence-corrected chi connectivity index (χ2v) is 18.3. The van der Waals surface area contributed by atoms with E-state index in [9.17, 15) is 0 Å². The van der Waals surface area contributed by atoms with Crippen molar-refractivity contribution in [3.05, 3.63) is 164 Å². The molecule has 9 aromatic rings. The van der Waals surface area contributed by atoms with Crippen molar-refractivity contribution >= 4 is 40.4 Å². The standard InChI is InChI=1S/C47H33N3OSi/c1-52(2)40-25-15-13-23-36(40)42-37(28-33(29-41(42)52)30-16-6-3-7-17-30)46-48-45(32-20-10-5-11-21-32)49-47(50-46)44-34(31-18-8-4-9-19-31)26-27-39-43(44)35-22-12-14-24-38(35)51-39/h3-29H,1-2H3. The van der Waals surface area contributed by atoms with Crippen LogP contribution in [0.5, 0.6) is 0 Å². The molecule has 3 heterocycles. The van der Waals surface area contributed by atoms with Gasteiger partial charge in [-0.05, 0) is 68.0 Å².